The Morgan fingerprint density at radius 2 is 1.11 bits per heavy atom. The molecular weight excluding hydrogens is 267 g/mol. The molecule has 0 aliphatic rings. The van der Waals surface area contributed by atoms with Crippen molar-refractivity contribution in [2.24, 2.45) is 11.5 Å². The van der Waals surface area contributed by atoms with Gasteiger partial charge in [0.15, 0.2) is 5.11 Å². The van der Waals surface area contributed by atoms with Gasteiger partial charge in [-0.25, -0.2) is 0 Å². The van der Waals surface area contributed by atoms with Crippen LogP contribution < -0.4 is 11.5 Å². The van der Waals surface area contributed by atoms with Crippen LogP contribution in [-0.4, -0.2) is 25.8 Å². The zero-order chi connectivity index (χ0) is 8.08. The SMILES string of the molecule is NC(N)=S.[F][Sn]([F])([F])[F]. The molecule has 0 aromatic rings. The molecule has 0 rings (SSSR count). The third-order valence-corrected chi connectivity index (χ3v) is 0. The molecule has 9 heavy (non-hydrogen) atoms. The Kier molecular flexibility index (Phi) is 6.67. The number of hydrogen-bond acceptors (Lipinski definition) is 1. The molecule has 0 aliphatic carbocycles. The van der Waals surface area contributed by atoms with Crippen molar-refractivity contribution in [2.45, 2.75) is 0 Å². The maximum absolute atomic E-state index is 9.90. The Labute approximate surface area is 61.2 Å². The van der Waals surface area contributed by atoms with E-state index in [0.717, 1.165) is 0 Å². The standard InChI is InChI=1S/CH4N2S.4FH.Sn/c2-1(3)4;;;;;/h(H4,2,3,4);4*1H;/q;;;;;+4/p-4. The van der Waals surface area contributed by atoms with E-state index in [0.29, 0.717) is 0 Å². The number of halogens is 4. The van der Waals surface area contributed by atoms with Crippen LogP contribution in [0.25, 0.3) is 0 Å². The van der Waals surface area contributed by atoms with Crippen LogP contribution >= 0.6 is 12.2 Å². The average molecular weight is 271 g/mol. The Balaban J connectivity index is 0. The van der Waals surface area contributed by atoms with Crippen LogP contribution in [0, 0.1) is 0 Å². The monoisotopic (exact) mass is 272 g/mol. The summed E-state index contributed by atoms with van der Waals surface area (Å²) in [5.74, 6) is 0. The summed E-state index contributed by atoms with van der Waals surface area (Å²) >= 11 is -3.09. The Bertz CT molecular complexity index is 81.1. The van der Waals surface area contributed by atoms with Crippen LogP contribution in [0.4, 0.5) is 11.5 Å². The van der Waals surface area contributed by atoms with Crippen LogP contribution in [0.3, 0.4) is 0 Å². The van der Waals surface area contributed by atoms with Gasteiger partial charge in [0.2, 0.25) is 0 Å². The van der Waals surface area contributed by atoms with Crippen molar-refractivity contribution in [2.75, 3.05) is 0 Å². The van der Waals surface area contributed by atoms with Crippen molar-refractivity contribution in [1.82, 2.24) is 0 Å². The van der Waals surface area contributed by atoms with Crippen molar-refractivity contribution < 1.29 is 11.5 Å². The summed E-state index contributed by atoms with van der Waals surface area (Å²) in [6, 6.07) is 0. The summed E-state index contributed by atoms with van der Waals surface area (Å²) in [6.07, 6.45) is 0. The summed E-state index contributed by atoms with van der Waals surface area (Å²) in [5.41, 5.74) is 9.24. The molecule has 0 amide bonds. The molecule has 0 saturated heterocycles. The Morgan fingerprint density at radius 3 is 1.11 bits per heavy atom. The number of nitrogens with two attached hydrogens (primary N) is 2. The van der Waals surface area contributed by atoms with Gasteiger partial charge in [-0.3, -0.25) is 0 Å². The molecule has 0 fully saturated rings. The fourth-order valence-electron chi connectivity index (χ4n) is 0. The molecule has 0 saturated carbocycles. The van der Waals surface area contributed by atoms with Crippen LogP contribution in [-0.2, 0) is 0 Å². The van der Waals surface area contributed by atoms with Gasteiger partial charge in [0.1, 0.15) is 0 Å². The molecule has 0 heterocycles. The van der Waals surface area contributed by atoms with E-state index in [4.69, 9.17) is 0 Å². The first-order valence-electron chi connectivity index (χ1n) is 1.54. The van der Waals surface area contributed by atoms with Crippen molar-refractivity contribution >= 4 is 38.0 Å². The fourth-order valence-corrected chi connectivity index (χ4v) is 0. The van der Waals surface area contributed by atoms with Crippen molar-refractivity contribution in [3.8, 4) is 0 Å². The maximum atomic E-state index is 9.90. The van der Waals surface area contributed by atoms with Gasteiger partial charge in [-0.05, 0) is 12.2 Å². The van der Waals surface area contributed by atoms with E-state index < -0.39 is 20.7 Å². The predicted molar refractivity (Wildman–Crippen MR) is 31.2 cm³/mol. The molecule has 2 nitrogen and oxygen atoms in total. The van der Waals surface area contributed by atoms with Gasteiger partial charge in [0.05, 0.1) is 0 Å². The summed E-state index contributed by atoms with van der Waals surface area (Å²) in [5, 5.41) is 0.000000000000000222. The van der Waals surface area contributed by atoms with Gasteiger partial charge in [-0.1, -0.05) is 0 Å². The van der Waals surface area contributed by atoms with E-state index in [9.17, 15) is 11.5 Å². The molecule has 4 N–H and O–H groups in total. The van der Waals surface area contributed by atoms with Gasteiger partial charge >= 0.3 is 32.1 Å². The van der Waals surface area contributed by atoms with Crippen LogP contribution in [0.5, 0.6) is 0 Å². The average Bonchev–Trinajstić information content (AvgIpc) is 1.19. The minimum atomic E-state index is -7.18. The number of rotatable bonds is 0. The van der Waals surface area contributed by atoms with E-state index in [1.54, 1.807) is 0 Å². The molecule has 0 aromatic carbocycles. The molecule has 0 aromatic heterocycles. The third-order valence-electron chi connectivity index (χ3n) is 0. The third kappa shape index (κ3) is 7260. The predicted octanol–water partition coefficient (Wildman–Crippen LogP) is 0.489. The summed E-state index contributed by atoms with van der Waals surface area (Å²) in [7, 11) is 0. The van der Waals surface area contributed by atoms with Gasteiger partial charge in [-0.2, -0.15) is 0 Å². The second kappa shape index (κ2) is 5.03. The second-order valence-electron chi connectivity index (χ2n) is 0.831. The number of hydrogen-bond donors (Lipinski definition) is 2. The van der Waals surface area contributed by atoms with Gasteiger partial charge < -0.3 is 11.5 Å². The molecule has 0 unspecified atom stereocenters. The molecule has 56 valence electrons. The Hall–Kier alpha value is 0.209. The first kappa shape index (κ1) is 11.9. The minimum absolute atomic E-state index is 0.000000000000000222. The molecule has 0 aliphatic heterocycles. The zero-order valence-electron chi connectivity index (χ0n) is 4.07. The second-order valence-corrected chi connectivity index (χ2v) is 3.75. The van der Waals surface area contributed by atoms with Crippen LogP contribution in [0.15, 0.2) is 0 Å². The van der Waals surface area contributed by atoms with Gasteiger partial charge in [0.25, 0.3) is 0 Å². The first-order valence-corrected chi connectivity index (χ1v) is 6.26. The van der Waals surface area contributed by atoms with Crippen molar-refractivity contribution in [3.63, 3.8) is 0 Å². The number of thiocarbonyl (C=S) groups is 1. The van der Waals surface area contributed by atoms with E-state index in [-0.39, 0.29) is 5.11 Å². The normalized spacial score (nSPS) is 9.33. The molecule has 0 radical (unpaired) electrons. The first-order chi connectivity index (χ1) is 3.73. The van der Waals surface area contributed by atoms with Gasteiger partial charge in [-0.15, -0.1) is 0 Å². The zero-order valence-corrected chi connectivity index (χ0v) is 7.75. The molecule has 0 atom stereocenters. The summed E-state index contributed by atoms with van der Waals surface area (Å²) in [4.78, 5) is 0. The van der Waals surface area contributed by atoms with E-state index >= 15 is 0 Å². The van der Waals surface area contributed by atoms with Crippen LogP contribution in [0.2, 0.25) is 0 Å². The van der Waals surface area contributed by atoms with Crippen molar-refractivity contribution in [1.29, 1.82) is 0 Å². The topological polar surface area (TPSA) is 52.0 Å². The molecule has 8 heteroatoms. The molecule has 0 spiro atoms. The van der Waals surface area contributed by atoms with E-state index in [1.807, 2.05) is 0 Å². The summed E-state index contributed by atoms with van der Waals surface area (Å²) < 4.78 is 39.6. The summed E-state index contributed by atoms with van der Waals surface area (Å²) in [6.45, 7) is 0. The van der Waals surface area contributed by atoms with Gasteiger partial charge in [0, 0.05) is 0 Å². The van der Waals surface area contributed by atoms with E-state index in [1.165, 1.54) is 0 Å². The fraction of sp³-hybridized carbons (Fsp3) is 0. The quantitative estimate of drug-likeness (QED) is 0.383. The van der Waals surface area contributed by atoms with Crippen LogP contribution in [0.1, 0.15) is 0 Å². The Morgan fingerprint density at radius 1 is 1.11 bits per heavy atom. The van der Waals surface area contributed by atoms with E-state index in [2.05, 4.69) is 23.7 Å². The van der Waals surface area contributed by atoms with Crippen molar-refractivity contribution in [3.05, 3.63) is 0 Å². The molecular formula is CH4F4N2SSn. The molecule has 0 bridgehead atoms.